The zero-order chi connectivity index (χ0) is 19.6. The molecule has 1 atom stereocenters. The second-order valence-corrected chi connectivity index (χ2v) is 7.99. The van der Waals surface area contributed by atoms with Crippen LogP contribution in [0.5, 0.6) is 0 Å². The number of hydrogen-bond acceptors (Lipinski definition) is 5. The normalized spacial score (nSPS) is 22.2. The van der Waals surface area contributed by atoms with Crippen LogP contribution in [0, 0.1) is 0 Å². The van der Waals surface area contributed by atoms with E-state index in [1.165, 1.54) is 29.1 Å². The van der Waals surface area contributed by atoms with E-state index in [2.05, 4.69) is 49.1 Å². The van der Waals surface area contributed by atoms with Crippen LogP contribution < -0.4 is 4.90 Å². The third-order valence-electron chi connectivity index (χ3n) is 6.09. The van der Waals surface area contributed by atoms with Crippen molar-refractivity contribution in [3.63, 3.8) is 0 Å². The van der Waals surface area contributed by atoms with Gasteiger partial charge in [0.1, 0.15) is 11.7 Å². The van der Waals surface area contributed by atoms with E-state index in [-0.39, 0.29) is 17.1 Å². The maximum absolute atomic E-state index is 12.3. The molecule has 0 fully saturated rings. The number of esters is 2. The Morgan fingerprint density at radius 2 is 2.00 bits per heavy atom. The van der Waals surface area contributed by atoms with Crippen molar-refractivity contribution in [2.45, 2.75) is 31.8 Å². The van der Waals surface area contributed by atoms with E-state index in [0.29, 0.717) is 6.42 Å². The van der Waals surface area contributed by atoms with Crippen LogP contribution in [0.25, 0.3) is 10.8 Å². The van der Waals surface area contributed by atoms with Crippen LogP contribution in [0.1, 0.15) is 25.8 Å². The SMILES string of the molecule is COC(=O)C1=CC2=C3N(CCC2OC1=O)c1ccc2ccccc2c1C3(C)C. The summed E-state index contributed by atoms with van der Waals surface area (Å²) < 4.78 is 10.4. The standard InChI is InChI=1S/C23H21NO4/c1-23(2)19-14-7-5-4-6-13(14)8-9-17(19)24-11-10-18-15(20(23)24)12-16(21(25)27-3)22(26)28-18/h4-9,12,18H,10-11H2,1-3H3. The van der Waals surface area contributed by atoms with Gasteiger partial charge in [-0.3, -0.25) is 0 Å². The monoisotopic (exact) mass is 375 g/mol. The minimum Gasteiger partial charge on any atom is -0.465 e. The fraction of sp³-hybridized carbons (Fsp3) is 0.304. The lowest BCUT2D eigenvalue weighted by Crippen LogP contribution is -2.41. The van der Waals surface area contributed by atoms with Gasteiger partial charge in [-0.1, -0.05) is 44.2 Å². The number of fused-ring (bicyclic) bond motifs is 6. The van der Waals surface area contributed by atoms with Gasteiger partial charge < -0.3 is 14.4 Å². The van der Waals surface area contributed by atoms with Crippen molar-refractivity contribution >= 4 is 28.4 Å². The van der Waals surface area contributed by atoms with Gasteiger partial charge in [-0.15, -0.1) is 0 Å². The van der Waals surface area contributed by atoms with Crippen LogP contribution in [0.3, 0.4) is 0 Å². The largest absolute Gasteiger partial charge is 0.465 e. The number of carbonyl (C=O) groups is 2. The summed E-state index contributed by atoms with van der Waals surface area (Å²) in [5.74, 6) is -1.26. The third-order valence-corrected chi connectivity index (χ3v) is 6.09. The zero-order valence-electron chi connectivity index (χ0n) is 16.1. The molecule has 2 aromatic carbocycles. The fourth-order valence-corrected chi connectivity index (χ4v) is 4.96. The van der Waals surface area contributed by atoms with Gasteiger partial charge in [0.15, 0.2) is 0 Å². The smallest absolute Gasteiger partial charge is 0.346 e. The maximum Gasteiger partial charge on any atom is 0.346 e. The molecule has 0 saturated carbocycles. The number of benzene rings is 2. The van der Waals surface area contributed by atoms with E-state index in [0.717, 1.165) is 17.8 Å². The van der Waals surface area contributed by atoms with Gasteiger partial charge >= 0.3 is 11.9 Å². The van der Waals surface area contributed by atoms with Crippen LogP contribution in [0.15, 0.2) is 59.3 Å². The van der Waals surface area contributed by atoms with E-state index in [1.54, 1.807) is 6.08 Å². The summed E-state index contributed by atoms with van der Waals surface area (Å²) >= 11 is 0. The Balaban J connectivity index is 1.79. The molecule has 1 unspecified atom stereocenters. The highest BCUT2D eigenvalue weighted by molar-refractivity contribution is 6.15. The summed E-state index contributed by atoms with van der Waals surface area (Å²) in [5.41, 5.74) is 4.14. The highest BCUT2D eigenvalue weighted by Crippen LogP contribution is 2.54. The van der Waals surface area contributed by atoms with Crippen LogP contribution in [0.2, 0.25) is 0 Å². The molecule has 0 N–H and O–H groups in total. The van der Waals surface area contributed by atoms with E-state index >= 15 is 0 Å². The van der Waals surface area contributed by atoms with Crippen molar-refractivity contribution in [3.8, 4) is 0 Å². The molecule has 0 aliphatic carbocycles. The zero-order valence-corrected chi connectivity index (χ0v) is 16.1. The van der Waals surface area contributed by atoms with Gasteiger partial charge in [0.05, 0.1) is 7.11 Å². The van der Waals surface area contributed by atoms with Crippen molar-refractivity contribution in [3.05, 3.63) is 64.9 Å². The molecule has 28 heavy (non-hydrogen) atoms. The Morgan fingerprint density at radius 1 is 1.21 bits per heavy atom. The Morgan fingerprint density at radius 3 is 2.79 bits per heavy atom. The van der Waals surface area contributed by atoms with Gasteiger partial charge in [0, 0.05) is 35.3 Å². The molecule has 3 heterocycles. The summed E-state index contributed by atoms with van der Waals surface area (Å²) in [6, 6.07) is 12.7. The number of hydrogen-bond donors (Lipinski definition) is 0. The van der Waals surface area contributed by atoms with Gasteiger partial charge in [-0.05, 0) is 28.5 Å². The predicted molar refractivity (Wildman–Crippen MR) is 106 cm³/mol. The number of nitrogens with zero attached hydrogens (tertiary/aromatic N) is 1. The summed E-state index contributed by atoms with van der Waals surface area (Å²) in [4.78, 5) is 26.7. The highest BCUT2D eigenvalue weighted by atomic mass is 16.6. The summed E-state index contributed by atoms with van der Waals surface area (Å²) in [6.07, 6.45) is 2.05. The molecule has 5 rings (SSSR count). The first kappa shape index (κ1) is 17.0. The van der Waals surface area contributed by atoms with Gasteiger partial charge in [-0.2, -0.15) is 0 Å². The predicted octanol–water partition coefficient (Wildman–Crippen LogP) is 3.62. The quantitative estimate of drug-likeness (QED) is 0.563. The van der Waals surface area contributed by atoms with E-state index in [4.69, 9.17) is 9.47 Å². The van der Waals surface area contributed by atoms with Crippen LogP contribution in [0.4, 0.5) is 5.69 Å². The molecular formula is C23H21NO4. The summed E-state index contributed by atoms with van der Waals surface area (Å²) in [6.45, 7) is 5.17. The number of allylic oxidation sites excluding steroid dienone is 1. The average molecular weight is 375 g/mol. The molecule has 0 amide bonds. The lowest BCUT2D eigenvalue weighted by atomic mass is 9.77. The molecule has 5 heteroatoms. The third kappa shape index (κ3) is 2.13. The molecule has 5 nitrogen and oxygen atoms in total. The number of rotatable bonds is 1. The second-order valence-electron chi connectivity index (χ2n) is 7.99. The Hall–Kier alpha value is -3.08. The average Bonchev–Trinajstić information content (AvgIpc) is 2.94. The molecule has 0 aromatic heterocycles. The number of methoxy groups -OCH3 is 1. The van der Waals surface area contributed by atoms with Crippen LogP contribution >= 0.6 is 0 Å². The summed E-state index contributed by atoms with van der Waals surface area (Å²) in [5, 5.41) is 2.44. The van der Waals surface area contributed by atoms with Gasteiger partial charge in [0.25, 0.3) is 0 Å². The first-order valence-corrected chi connectivity index (χ1v) is 9.49. The molecule has 0 bridgehead atoms. The van der Waals surface area contributed by atoms with E-state index < -0.39 is 11.9 Å². The Bertz CT molecular complexity index is 1110. The van der Waals surface area contributed by atoms with E-state index in [9.17, 15) is 9.59 Å². The Labute approximate surface area is 163 Å². The lowest BCUT2D eigenvalue weighted by Gasteiger charge is -2.38. The highest BCUT2D eigenvalue weighted by Gasteiger charge is 2.48. The maximum atomic E-state index is 12.3. The van der Waals surface area contributed by atoms with Gasteiger partial charge in [0.2, 0.25) is 0 Å². The van der Waals surface area contributed by atoms with Crippen molar-refractivity contribution in [2.75, 3.05) is 18.6 Å². The van der Waals surface area contributed by atoms with Crippen LogP contribution in [-0.4, -0.2) is 31.7 Å². The van der Waals surface area contributed by atoms with Crippen molar-refractivity contribution in [1.29, 1.82) is 0 Å². The molecule has 0 saturated heterocycles. The number of anilines is 1. The minimum atomic E-state index is -0.660. The first-order valence-electron chi connectivity index (χ1n) is 9.49. The first-order chi connectivity index (χ1) is 13.4. The van der Waals surface area contributed by atoms with Crippen molar-refractivity contribution < 1.29 is 19.1 Å². The molecule has 2 aromatic rings. The molecule has 0 spiro atoms. The summed E-state index contributed by atoms with van der Waals surface area (Å²) in [7, 11) is 1.27. The number of carbonyl (C=O) groups excluding carboxylic acids is 2. The molecule has 3 aliphatic rings. The number of ether oxygens (including phenoxy) is 2. The van der Waals surface area contributed by atoms with E-state index in [1.807, 2.05) is 6.07 Å². The fourth-order valence-electron chi connectivity index (χ4n) is 4.96. The van der Waals surface area contributed by atoms with Gasteiger partial charge in [-0.25, -0.2) is 9.59 Å². The molecular weight excluding hydrogens is 354 g/mol. The van der Waals surface area contributed by atoms with Crippen molar-refractivity contribution in [2.24, 2.45) is 0 Å². The minimum absolute atomic E-state index is 0.0419. The lowest BCUT2D eigenvalue weighted by molar-refractivity contribution is -0.149. The van der Waals surface area contributed by atoms with Crippen molar-refractivity contribution in [1.82, 2.24) is 0 Å². The van der Waals surface area contributed by atoms with Crippen LogP contribution in [-0.2, 0) is 24.5 Å². The molecule has 3 aliphatic heterocycles. The molecule has 142 valence electrons. The molecule has 0 radical (unpaired) electrons. The second kappa shape index (κ2) is 5.71. The topological polar surface area (TPSA) is 55.8 Å². The Kier molecular flexibility index (Phi) is 3.48.